The predicted molar refractivity (Wildman–Crippen MR) is 133 cm³/mol. The van der Waals surface area contributed by atoms with Crippen molar-refractivity contribution in [3.8, 4) is 11.5 Å². The molecule has 5 heteroatoms. The summed E-state index contributed by atoms with van der Waals surface area (Å²) in [7, 11) is -3.61. The largest absolute Gasteiger partial charge is 0.457 e. The summed E-state index contributed by atoms with van der Waals surface area (Å²) in [5.74, 6) is 1.25. The minimum atomic E-state index is -3.61. The predicted octanol–water partition coefficient (Wildman–Crippen LogP) is 7.60. The summed E-state index contributed by atoms with van der Waals surface area (Å²) in [6, 6.07) is 29.1. The average Bonchev–Trinajstić information content (AvgIpc) is 2.80. The lowest BCUT2D eigenvalue weighted by Crippen LogP contribution is -2.18. The first kappa shape index (κ1) is 23.1. The second-order valence-corrected chi connectivity index (χ2v) is 10.9. The monoisotopic (exact) mass is 476 g/mol. The number of aryl methyl sites for hydroxylation is 1. The van der Waals surface area contributed by atoms with Gasteiger partial charge in [-0.1, -0.05) is 67.4 Å². The van der Waals surface area contributed by atoms with Gasteiger partial charge in [-0.05, 0) is 78.7 Å². The Morgan fingerprint density at radius 2 is 1.03 bits per heavy atom. The average molecular weight is 477 g/mol. The number of sulfone groups is 1. The third kappa shape index (κ3) is 4.97. The van der Waals surface area contributed by atoms with Crippen molar-refractivity contribution in [2.45, 2.75) is 36.0 Å². The smallest absolute Gasteiger partial charge is 0.206 e. The van der Waals surface area contributed by atoms with Crippen LogP contribution in [-0.4, -0.2) is 8.42 Å². The van der Waals surface area contributed by atoms with Crippen molar-refractivity contribution >= 4 is 21.4 Å². The zero-order chi connectivity index (χ0) is 23.6. The van der Waals surface area contributed by atoms with Crippen molar-refractivity contribution in [3.05, 3.63) is 119 Å². The van der Waals surface area contributed by atoms with Crippen LogP contribution in [0.5, 0.6) is 11.5 Å². The van der Waals surface area contributed by atoms with Crippen LogP contribution in [0.25, 0.3) is 0 Å². The molecule has 0 bridgehead atoms. The van der Waals surface area contributed by atoms with E-state index in [2.05, 4.69) is 57.2 Å². The number of rotatable bonds is 6. The van der Waals surface area contributed by atoms with E-state index in [1.165, 1.54) is 28.8 Å². The first-order chi connectivity index (χ1) is 15.7. The molecule has 0 spiro atoms. The Balaban J connectivity index is 1.49. The van der Waals surface area contributed by atoms with Crippen LogP contribution in [0, 0.1) is 6.92 Å². The standard InChI is InChI=1S/C28H25ClO3S/c1-20-4-6-21(7-5-20)28(2,3)22-8-12-24(13-9-22)32-25-14-18-27(19-15-25)33(30,31)26-16-10-23(29)11-17-26/h4-19H,1-3H3. The molecule has 0 radical (unpaired) electrons. The molecule has 0 saturated carbocycles. The molecule has 0 amide bonds. The Hall–Kier alpha value is -3.08. The molecule has 0 N–H and O–H groups in total. The van der Waals surface area contributed by atoms with E-state index in [0.29, 0.717) is 16.5 Å². The molecule has 0 aliphatic rings. The lowest BCUT2D eigenvalue weighted by atomic mass is 9.78. The van der Waals surface area contributed by atoms with Crippen LogP contribution in [0.1, 0.15) is 30.5 Å². The van der Waals surface area contributed by atoms with Gasteiger partial charge in [0, 0.05) is 10.4 Å². The van der Waals surface area contributed by atoms with Crippen LogP contribution in [0.15, 0.2) is 107 Å². The molecule has 4 aromatic carbocycles. The van der Waals surface area contributed by atoms with Crippen molar-refractivity contribution in [2.24, 2.45) is 0 Å². The fourth-order valence-electron chi connectivity index (χ4n) is 3.65. The van der Waals surface area contributed by atoms with E-state index in [-0.39, 0.29) is 15.2 Å². The highest BCUT2D eigenvalue weighted by molar-refractivity contribution is 7.91. The summed E-state index contributed by atoms with van der Waals surface area (Å²) in [6.07, 6.45) is 0. The van der Waals surface area contributed by atoms with Gasteiger partial charge >= 0.3 is 0 Å². The fraction of sp³-hybridized carbons (Fsp3) is 0.143. The maximum atomic E-state index is 12.8. The third-order valence-electron chi connectivity index (χ3n) is 5.84. The first-order valence-electron chi connectivity index (χ1n) is 10.6. The molecule has 0 heterocycles. The Morgan fingerprint density at radius 3 is 1.52 bits per heavy atom. The molecule has 0 unspecified atom stereocenters. The van der Waals surface area contributed by atoms with Gasteiger partial charge < -0.3 is 4.74 Å². The molecule has 3 nitrogen and oxygen atoms in total. The zero-order valence-electron chi connectivity index (χ0n) is 18.7. The van der Waals surface area contributed by atoms with Crippen LogP contribution < -0.4 is 4.74 Å². The van der Waals surface area contributed by atoms with E-state index in [9.17, 15) is 8.42 Å². The highest BCUT2D eigenvalue weighted by Crippen LogP contribution is 2.33. The van der Waals surface area contributed by atoms with Gasteiger partial charge in [-0.2, -0.15) is 0 Å². The minimum absolute atomic E-state index is 0.135. The third-order valence-corrected chi connectivity index (χ3v) is 7.88. The Bertz CT molecular complexity index is 1340. The van der Waals surface area contributed by atoms with Gasteiger partial charge in [-0.3, -0.25) is 0 Å². The number of halogens is 1. The lowest BCUT2D eigenvalue weighted by molar-refractivity contribution is 0.481. The van der Waals surface area contributed by atoms with Crippen molar-refractivity contribution in [3.63, 3.8) is 0 Å². The summed E-state index contributed by atoms with van der Waals surface area (Å²) in [5, 5.41) is 0.492. The number of benzene rings is 4. The van der Waals surface area contributed by atoms with Crippen LogP contribution in [0.2, 0.25) is 5.02 Å². The first-order valence-corrected chi connectivity index (χ1v) is 12.5. The van der Waals surface area contributed by atoms with Crippen LogP contribution in [-0.2, 0) is 15.3 Å². The molecule has 4 rings (SSSR count). The van der Waals surface area contributed by atoms with Gasteiger partial charge in [0.25, 0.3) is 0 Å². The van der Waals surface area contributed by atoms with Gasteiger partial charge in [0.15, 0.2) is 0 Å². The SMILES string of the molecule is Cc1ccc(C(C)(C)c2ccc(Oc3ccc(S(=O)(=O)c4ccc(Cl)cc4)cc3)cc2)cc1. The summed E-state index contributed by atoms with van der Waals surface area (Å²) >= 11 is 5.87. The molecule has 168 valence electrons. The highest BCUT2D eigenvalue weighted by atomic mass is 35.5. The van der Waals surface area contributed by atoms with Gasteiger partial charge in [0.2, 0.25) is 9.84 Å². The minimum Gasteiger partial charge on any atom is -0.457 e. The van der Waals surface area contributed by atoms with E-state index in [1.807, 2.05) is 12.1 Å². The summed E-state index contributed by atoms with van der Waals surface area (Å²) in [4.78, 5) is 0.403. The normalized spacial score (nSPS) is 11.9. The molecule has 0 aliphatic carbocycles. The van der Waals surface area contributed by atoms with Gasteiger partial charge in [-0.15, -0.1) is 0 Å². The van der Waals surface area contributed by atoms with E-state index >= 15 is 0 Å². The van der Waals surface area contributed by atoms with E-state index in [4.69, 9.17) is 16.3 Å². The second-order valence-electron chi connectivity index (χ2n) is 8.55. The number of hydrogen-bond donors (Lipinski definition) is 0. The second kappa shape index (κ2) is 9.05. The fourth-order valence-corrected chi connectivity index (χ4v) is 5.04. The van der Waals surface area contributed by atoms with Crippen molar-refractivity contribution < 1.29 is 13.2 Å². The molecule has 0 saturated heterocycles. The topological polar surface area (TPSA) is 43.4 Å². The Morgan fingerprint density at radius 1 is 0.636 bits per heavy atom. The van der Waals surface area contributed by atoms with E-state index in [1.54, 1.807) is 36.4 Å². The summed E-state index contributed by atoms with van der Waals surface area (Å²) in [6.45, 7) is 6.49. The Labute approximate surface area is 200 Å². The van der Waals surface area contributed by atoms with E-state index < -0.39 is 9.84 Å². The number of ether oxygens (including phenoxy) is 1. The van der Waals surface area contributed by atoms with Gasteiger partial charge in [0.05, 0.1) is 9.79 Å². The Kier molecular flexibility index (Phi) is 6.33. The van der Waals surface area contributed by atoms with Crippen molar-refractivity contribution in [2.75, 3.05) is 0 Å². The molecule has 33 heavy (non-hydrogen) atoms. The molecule has 0 fully saturated rings. The lowest BCUT2D eigenvalue weighted by Gasteiger charge is -2.26. The molecule has 4 aromatic rings. The molecule has 0 atom stereocenters. The maximum Gasteiger partial charge on any atom is 0.206 e. The summed E-state index contributed by atoms with van der Waals surface area (Å²) in [5.41, 5.74) is 3.54. The van der Waals surface area contributed by atoms with E-state index in [0.717, 1.165) is 0 Å². The zero-order valence-corrected chi connectivity index (χ0v) is 20.3. The maximum absolute atomic E-state index is 12.8. The van der Waals surface area contributed by atoms with Gasteiger partial charge in [-0.25, -0.2) is 8.42 Å². The quantitative estimate of drug-likeness (QED) is 0.287. The summed E-state index contributed by atoms with van der Waals surface area (Å²) < 4.78 is 31.5. The van der Waals surface area contributed by atoms with Crippen molar-refractivity contribution in [1.29, 1.82) is 0 Å². The van der Waals surface area contributed by atoms with Crippen LogP contribution >= 0.6 is 11.6 Å². The van der Waals surface area contributed by atoms with Gasteiger partial charge in [0.1, 0.15) is 11.5 Å². The molecular formula is C28H25ClO3S. The molecular weight excluding hydrogens is 452 g/mol. The number of hydrogen-bond acceptors (Lipinski definition) is 3. The molecule has 0 aliphatic heterocycles. The van der Waals surface area contributed by atoms with Crippen LogP contribution in [0.4, 0.5) is 0 Å². The molecule has 0 aromatic heterocycles. The van der Waals surface area contributed by atoms with Crippen molar-refractivity contribution in [1.82, 2.24) is 0 Å². The van der Waals surface area contributed by atoms with Crippen LogP contribution in [0.3, 0.4) is 0 Å². The highest BCUT2D eigenvalue weighted by Gasteiger charge is 2.23.